The lowest BCUT2D eigenvalue weighted by atomic mass is 10.1. The molecule has 1 aliphatic rings. The number of hydrogen-bond acceptors (Lipinski definition) is 4. The maximum Gasteiger partial charge on any atom is 0.109 e. The summed E-state index contributed by atoms with van der Waals surface area (Å²) in [6.45, 7) is 2.21. The van der Waals surface area contributed by atoms with E-state index in [4.69, 9.17) is 16.3 Å². The second kappa shape index (κ2) is 5.84. The predicted molar refractivity (Wildman–Crippen MR) is 81.4 cm³/mol. The number of nitrogens with zero attached hydrogens (tertiary/aromatic N) is 2. The molecule has 0 spiro atoms. The molecule has 1 saturated heterocycles. The zero-order valence-corrected chi connectivity index (χ0v) is 12.3. The van der Waals surface area contributed by atoms with Gasteiger partial charge in [0.2, 0.25) is 0 Å². The molecule has 1 aromatic heterocycles. The van der Waals surface area contributed by atoms with Crippen LogP contribution in [0.3, 0.4) is 0 Å². The Balaban J connectivity index is 1.86. The molecule has 20 heavy (non-hydrogen) atoms. The molecule has 5 heteroatoms. The Morgan fingerprint density at radius 3 is 3.05 bits per heavy atom. The van der Waals surface area contributed by atoms with Crippen LogP contribution in [0.15, 0.2) is 35.7 Å². The molecule has 1 unspecified atom stereocenters. The molecule has 0 radical (unpaired) electrons. The van der Waals surface area contributed by atoms with E-state index in [2.05, 4.69) is 22.4 Å². The number of morpholine rings is 1. The predicted octanol–water partition coefficient (Wildman–Crippen LogP) is 3.85. The Hall–Kier alpha value is -1.54. The molecule has 2 heterocycles. The minimum Gasteiger partial charge on any atom is -0.369 e. The van der Waals surface area contributed by atoms with Gasteiger partial charge in [-0.3, -0.25) is 0 Å². The summed E-state index contributed by atoms with van der Waals surface area (Å²) in [5.41, 5.74) is 1.55. The molecule has 3 rings (SSSR count). The first-order chi connectivity index (χ1) is 9.78. The fourth-order valence-electron chi connectivity index (χ4n) is 2.39. The molecule has 0 aliphatic carbocycles. The van der Waals surface area contributed by atoms with E-state index in [1.165, 1.54) is 4.88 Å². The number of thiophene rings is 1. The molecule has 0 saturated carbocycles. The van der Waals surface area contributed by atoms with Gasteiger partial charge in [0, 0.05) is 23.0 Å². The van der Waals surface area contributed by atoms with Gasteiger partial charge in [-0.2, -0.15) is 5.26 Å². The standard InChI is InChI=1S/C15H13ClN2OS/c16-12-3-4-13(11(8-12)9-17)18-5-6-19-14(10-18)15-2-1-7-20-15/h1-4,7-8,14H,5-6,10H2. The molecule has 1 aromatic carbocycles. The van der Waals surface area contributed by atoms with E-state index in [1.54, 1.807) is 17.4 Å². The van der Waals surface area contributed by atoms with Crippen molar-refractivity contribution in [1.82, 2.24) is 0 Å². The van der Waals surface area contributed by atoms with E-state index in [1.807, 2.05) is 18.2 Å². The average molecular weight is 305 g/mol. The van der Waals surface area contributed by atoms with Gasteiger partial charge in [-0.05, 0) is 29.6 Å². The van der Waals surface area contributed by atoms with E-state index >= 15 is 0 Å². The van der Waals surface area contributed by atoms with Crippen LogP contribution in [0.25, 0.3) is 0 Å². The number of halogens is 1. The van der Waals surface area contributed by atoms with Gasteiger partial charge in [-0.15, -0.1) is 11.3 Å². The molecular formula is C15H13ClN2OS. The van der Waals surface area contributed by atoms with Gasteiger partial charge in [-0.1, -0.05) is 17.7 Å². The van der Waals surface area contributed by atoms with Crippen LogP contribution in [0.1, 0.15) is 16.5 Å². The topological polar surface area (TPSA) is 36.3 Å². The molecule has 1 fully saturated rings. The van der Waals surface area contributed by atoms with Gasteiger partial charge in [0.05, 0.1) is 17.9 Å². The molecule has 0 N–H and O–H groups in total. The van der Waals surface area contributed by atoms with Crippen molar-refractivity contribution in [1.29, 1.82) is 5.26 Å². The maximum absolute atomic E-state index is 9.26. The van der Waals surface area contributed by atoms with Crippen molar-refractivity contribution in [2.24, 2.45) is 0 Å². The number of ether oxygens (including phenoxy) is 1. The van der Waals surface area contributed by atoms with Crippen LogP contribution in [-0.4, -0.2) is 19.7 Å². The number of rotatable bonds is 2. The monoisotopic (exact) mass is 304 g/mol. The zero-order valence-electron chi connectivity index (χ0n) is 10.8. The first-order valence-electron chi connectivity index (χ1n) is 6.37. The lowest BCUT2D eigenvalue weighted by Crippen LogP contribution is -2.38. The summed E-state index contributed by atoms with van der Waals surface area (Å²) >= 11 is 7.65. The highest BCUT2D eigenvalue weighted by atomic mass is 35.5. The largest absolute Gasteiger partial charge is 0.369 e. The minimum atomic E-state index is 0.0750. The van der Waals surface area contributed by atoms with Crippen LogP contribution in [0, 0.1) is 11.3 Å². The van der Waals surface area contributed by atoms with Gasteiger partial charge in [0.15, 0.2) is 0 Å². The van der Waals surface area contributed by atoms with Gasteiger partial charge in [0.1, 0.15) is 12.2 Å². The maximum atomic E-state index is 9.26. The second-order valence-electron chi connectivity index (χ2n) is 4.59. The smallest absolute Gasteiger partial charge is 0.109 e. The van der Waals surface area contributed by atoms with E-state index in [0.29, 0.717) is 17.2 Å². The van der Waals surface area contributed by atoms with Crippen molar-refractivity contribution in [3.63, 3.8) is 0 Å². The van der Waals surface area contributed by atoms with E-state index < -0.39 is 0 Å². The normalized spacial score (nSPS) is 18.8. The van der Waals surface area contributed by atoms with E-state index in [9.17, 15) is 5.26 Å². The molecule has 102 valence electrons. The Morgan fingerprint density at radius 1 is 1.40 bits per heavy atom. The summed E-state index contributed by atoms with van der Waals surface area (Å²) in [6, 6.07) is 11.8. The zero-order chi connectivity index (χ0) is 13.9. The fourth-order valence-corrected chi connectivity index (χ4v) is 3.33. The Morgan fingerprint density at radius 2 is 2.30 bits per heavy atom. The van der Waals surface area contributed by atoms with Crippen LogP contribution in [-0.2, 0) is 4.74 Å². The lowest BCUT2D eigenvalue weighted by molar-refractivity contribution is 0.0421. The number of benzene rings is 1. The third kappa shape index (κ3) is 2.66. The average Bonchev–Trinajstić information content (AvgIpc) is 3.01. The van der Waals surface area contributed by atoms with E-state index in [0.717, 1.165) is 18.8 Å². The van der Waals surface area contributed by atoms with Crippen LogP contribution in [0.5, 0.6) is 0 Å². The van der Waals surface area contributed by atoms with Crippen molar-refractivity contribution >= 4 is 28.6 Å². The molecule has 2 aromatic rings. The third-order valence-corrected chi connectivity index (χ3v) is 4.55. The van der Waals surface area contributed by atoms with E-state index in [-0.39, 0.29) is 6.10 Å². The van der Waals surface area contributed by atoms with Crippen molar-refractivity contribution < 1.29 is 4.74 Å². The fraction of sp³-hybridized carbons (Fsp3) is 0.267. The Kier molecular flexibility index (Phi) is 3.93. The number of anilines is 1. The number of nitriles is 1. The first-order valence-corrected chi connectivity index (χ1v) is 7.63. The van der Waals surface area contributed by atoms with Crippen molar-refractivity contribution in [2.75, 3.05) is 24.6 Å². The molecule has 3 nitrogen and oxygen atoms in total. The summed E-state index contributed by atoms with van der Waals surface area (Å²) in [5, 5.41) is 11.9. The highest BCUT2D eigenvalue weighted by Crippen LogP contribution is 2.31. The van der Waals surface area contributed by atoms with Crippen molar-refractivity contribution in [2.45, 2.75) is 6.10 Å². The summed E-state index contributed by atoms with van der Waals surface area (Å²) in [7, 11) is 0. The van der Waals surface area contributed by atoms with Gasteiger partial charge in [0.25, 0.3) is 0 Å². The van der Waals surface area contributed by atoms with Crippen LogP contribution < -0.4 is 4.90 Å². The summed E-state index contributed by atoms with van der Waals surface area (Å²) < 4.78 is 5.83. The second-order valence-corrected chi connectivity index (χ2v) is 6.01. The van der Waals surface area contributed by atoms with Crippen molar-refractivity contribution in [3.8, 4) is 6.07 Å². The highest BCUT2D eigenvalue weighted by molar-refractivity contribution is 7.10. The Labute approximate surface area is 127 Å². The molecule has 0 amide bonds. The molecular weight excluding hydrogens is 292 g/mol. The van der Waals surface area contributed by atoms with Gasteiger partial charge in [-0.25, -0.2) is 0 Å². The SMILES string of the molecule is N#Cc1cc(Cl)ccc1N1CCOC(c2cccs2)C1. The van der Waals surface area contributed by atoms with Crippen molar-refractivity contribution in [3.05, 3.63) is 51.2 Å². The minimum absolute atomic E-state index is 0.0750. The van der Waals surface area contributed by atoms with Crippen LogP contribution in [0.4, 0.5) is 5.69 Å². The first kappa shape index (κ1) is 13.4. The highest BCUT2D eigenvalue weighted by Gasteiger charge is 2.24. The molecule has 0 bridgehead atoms. The quantitative estimate of drug-likeness (QED) is 0.845. The molecule has 1 aliphatic heterocycles. The summed E-state index contributed by atoms with van der Waals surface area (Å²) in [6.07, 6.45) is 0.0750. The summed E-state index contributed by atoms with van der Waals surface area (Å²) in [4.78, 5) is 3.42. The number of hydrogen-bond donors (Lipinski definition) is 0. The van der Waals surface area contributed by atoms with Crippen LogP contribution in [0.2, 0.25) is 5.02 Å². The van der Waals surface area contributed by atoms with Gasteiger partial charge < -0.3 is 9.64 Å². The lowest BCUT2D eigenvalue weighted by Gasteiger charge is -2.34. The summed E-state index contributed by atoms with van der Waals surface area (Å²) in [5.74, 6) is 0. The van der Waals surface area contributed by atoms with Gasteiger partial charge >= 0.3 is 0 Å². The van der Waals surface area contributed by atoms with Crippen LogP contribution >= 0.6 is 22.9 Å². The molecule has 1 atom stereocenters. The third-order valence-electron chi connectivity index (χ3n) is 3.35. The Bertz CT molecular complexity index is 636.